The Labute approximate surface area is 121 Å². The second-order valence-electron chi connectivity index (χ2n) is 6.31. The van der Waals surface area contributed by atoms with Crippen molar-refractivity contribution in [3.05, 3.63) is 11.6 Å². The first-order valence-corrected chi connectivity index (χ1v) is 8.15. The fraction of sp³-hybridized carbons (Fsp3) is 0.867. The Bertz CT molecular complexity index is 406. The molecule has 1 fully saturated rings. The Morgan fingerprint density at radius 3 is 2.47 bits per heavy atom. The van der Waals surface area contributed by atoms with Crippen LogP contribution < -0.4 is 0 Å². The summed E-state index contributed by atoms with van der Waals surface area (Å²) in [5.41, 5.74) is 0.251. The minimum absolute atomic E-state index is 0.251. The van der Waals surface area contributed by atoms with Crippen LogP contribution in [0.2, 0.25) is 0 Å². The first-order valence-electron chi connectivity index (χ1n) is 7.61. The molecular formula is C15H26ClN3. The van der Waals surface area contributed by atoms with Crippen LogP contribution in [-0.2, 0) is 17.8 Å². The van der Waals surface area contributed by atoms with Crippen molar-refractivity contribution in [3.63, 3.8) is 0 Å². The molecule has 19 heavy (non-hydrogen) atoms. The molecule has 0 saturated heterocycles. The third-order valence-electron chi connectivity index (χ3n) is 4.23. The summed E-state index contributed by atoms with van der Waals surface area (Å²) in [6.45, 7) is 7.81. The zero-order valence-corrected chi connectivity index (χ0v) is 13.2. The standard InChI is InChI=1S/C15H26ClN3/c1-4-9-19-13(11-16)17-18-14(19)15(10-12(2)3)7-5-6-8-15/h12H,4-11H2,1-3H3. The predicted octanol–water partition coefficient (Wildman–Crippen LogP) is 4.28. The van der Waals surface area contributed by atoms with E-state index >= 15 is 0 Å². The number of halogens is 1. The minimum atomic E-state index is 0.251. The zero-order valence-electron chi connectivity index (χ0n) is 12.5. The van der Waals surface area contributed by atoms with Crippen molar-refractivity contribution in [1.82, 2.24) is 14.8 Å². The van der Waals surface area contributed by atoms with Gasteiger partial charge in [-0.25, -0.2) is 0 Å². The van der Waals surface area contributed by atoms with Gasteiger partial charge in [0.1, 0.15) is 11.6 Å². The maximum atomic E-state index is 6.02. The Kier molecular flexibility index (Phi) is 4.88. The Hall–Kier alpha value is -0.570. The number of rotatable bonds is 6. The summed E-state index contributed by atoms with van der Waals surface area (Å²) in [5.74, 6) is 3.30. The molecule has 0 amide bonds. The van der Waals surface area contributed by atoms with Crippen LogP contribution in [0.5, 0.6) is 0 Å². The number of nitrogens with zero attached hydrogens (tertiary/aromatic N) is 3. The highest BCUT2D eigenvalue weighted by Crippen LogP contribution is 2.45. The maximum absolute atomic E-state index is 6.02. The van der Waals surface area contributed by atoms with E-state index in [0.717, 1.165) is 18.8 Å². The summed E-state index contributed by atoms with van der Waals surface area (Å²) in [6.07, 6.45) is 7.48. The summed E-state index contributed by atoms with van der Waals surface area (Å²) in [5, 5.41) is 8.87. The van der Waals surface area contributed by atoms with Gasteiger partial charge in [0.15, 0.2) is 0 Å². The van der Waals surface area contributed by atoms with Crippen LogP contribution in [-0.4, -0.2) is 14.8 Å². The third-order valence-corrected chi connectivity index (χ3v) is 4.47. The van der Waals surface area contributed by atoms with Gasteiger partial charge in [-0.3, -0.25) is 0 Å². The van der Waals surface area contributed by atoms with Gasteiger partial charge < -0.3 is 4.57 Å². The SMILES string of the molecule is CCCn1c(CCl)nnc1C1(CC(C)C)CCCC1. The molecule has 0 unspecified atom stereocenters. The molecule has 0 aliphatic heterocycles. The van der Waals surface area contributed by atoms with Gasteiger partial charge in [-0.15, -0.1) is 21.8 Å². The molecule has 4 heteroatoms. The molecule has 0 bridgehead atoms. The lowest BCUT2D eigenvalue weighted by atomic mass is 9.77. The summed E-state index contributed by atoms with van der Waals surface area (Å²) in [6, 6.07) is 0. The molecule has 2 rings (SSSR count). The first-order chi connectivity index (χ1) is 9.13. The normalized spacial score (nSPS) is 18.4. The highest BCUT2D eigenvalue weighted by Gasteiger charge is 2.40. The zero-order chi connectivity index (χ0) is 13.9. The highest BCUT2D eigenvalue weighted by atomic mass is 35.5. The smallest absolute Gasteiger partial charge is 0.147 e. The van der Waals surface area contributed by atoms with Crippen LogP contribution >= 0.6 is 11.6 Å². The number of aromatic nitrogens is 3. The van der Waals surface area contributed by atoms with Crippen molar-refractivity contribution < 1.29 is 0 Å². The molecule has 108 valence electrons. The lowest BCUT2D eigenvalue weighted by Gasteiger charge is -2.30. The summed E-state index contributed by atoms with van der Waals surface area (Å²) >= 11 is 6.02. The minimum Gasteiger partial charge on any atom is -0.314 e. The van der Waals surface area contributed by atoms with Crippen molar-refractivity contribution in [2.45, 2.75) is 77.1 Å². The van der Waals surface area contributed by atoms with Gasteiger partial charge in [0.2, 0.25) is 0 Å². The Balaban J connectivity index is 2.38. The fourth-order valence-corrected chi connectivity index (χ4v) is 3.84. The molecule has 3 nitrogen and oxygen atoms in total. The Morgan fingerprint density at radius 2 is 1.95 bits per heavy atom. The van der Waals surface area contributed by atoms with Crippen LogP contribution in [0.15, 0.2) is 0 Å². The number of alkyl halides is 1. The van der Waals surface area contributed by atoms with Gasteiger partial charge in [0, 0.05) is 12.0 Å². The quantitative estimate of drug-likeness (QED) is 0.730. The maximum Gasteiger partial charge on any atom is 0.147 e. The van der Waals surface area contributed by atoms with E-state index in [9.17, 15) is 0 Å². The molecule has 0 aromatic carbocycles. The lowest BCUT2D eigenvalue weighted by Crippen LogP contribution is -2.29. The number of hydrogen-bond donors (Lipinski definition) is 0. The van der Waals surface area contributed by atoms with Crippen LogP contribution in [0.3, 0.4) is 0 Å². The van der Waals surface area contributed by atoms with Crippen LogP contribution in [0.1, 0.15) is 70.9 Å². The van der Waals surface area contributed by atoms with Gasteiger partial charge in [0.05, 0.1) is 5.88 Å². The van der Waals surface area contributed by atoms with Crippen molar-refractivity contribution in [3.8, 4) is 0 Å². The third kappa shape index (κ3) is 2.96. The molecule has 1 aliphatic rings. The molecule has 0 N–H and O–H groups in total. The molecule has 0 spiro atoms. The van der Waals surface area contributed by atoms with Gasteiger partial charge in [-0.05, 0) is 31.6 Å². The van der Waals surface area contributed by atoms with E-state index in [1.165, 1.54) is 37.9 Å². The van der Waals surface area contributed by atoms with Gasteiger partial charge in [0.25, 0.3) is 0 Å². The lowest BCUT2D eigenvalue weighted by molar-refractivity contribution is 0.315. The van der Waals surface area contributed by atoms with Crippen LogP contribution in [0, 0.1) is 5.92 Å². The topological polar surface area (TPSA) is 30.7 Å². The first kappa shape index (κ1) is 14.8. The average molecular weight is 284 g/mol. The molecule has 1 saturated carbocycles. The molecule has 0 atom stereocenters. The fourth-order valence-electron chi connectivity index (χ4n) is 3.64. The van der Waals surface area contributed by atoms with E-state index in [1.54, 1.807) is 0 Å². The van der Waals surface area contributed by atoms with Crippen LogP contribution in [0.25, 0.3) is 0 Å². The summed E-state index contributed by atoms with van der Waals surface area (Å²) in [4.78, 5) is 0. The molecule has 1 aromatic rings. The monoisotopic (exact) mass is 283 g/mol. The largest absolute Gasteiger partial charge is 0.314 e. The van der Waals surface area contributed by atoms with Crippen molar-refractivity contribution in [2.24, 2.45) is 5.92 Å². The average Bonchev–Trinajstić information content (AvgIpc) is 2.96. The van der Waals surface area contributed by atoms with E-state index < -0.39 is 0 Å². The number of hydrogen-bond acceptors (Lipinski definition) is 2. The van der Waals surface area contributed by atoms with Gasteiger partial charge in [-0.1, -0.05) is 33.6 Å². The highest BCUT2D eigenvalue weighted by molar-refractivity contribution is 6.16. The summed E-state index contributed by atoms with van der Waals surface area (Å²) in [7, 11) is 0. The second kappa shape index (κ2) is 6.25. The van der Waals surface area contributed by atoms with Crippen molar-refractivity contribution in [2.75, 3.05) is 0 Å². The second-order valence-corrected chi connectivity index (χ2v) is 6.58. The van der Waals surface area contributed by atoms with Crippen LogP contribution in [0.4, 0.5) is 0 Å². The van der Waals surface area contributed by atoms with E-state index in [0.29, 0.717) is 11.8 Å². The molecule has 1 aliphatic carbocycles. The van der Waals surface area contributed by atoms with E-state index in [2.05, 4.69) is 35.5 Å². The van der Waals surface area contributed by atoms with Crippen molar-refractivity contribution >= 4 is 11.6 Å². The molecule has 0 radical (unpaired) electrons. The predicted molar refractivity (Wildman–Crippen MR) is 79.5 cm³/mol. The van der Waals surface area contributed by atoms with E-state index in [1.807, 2.05) is 0 Å². The van der Waals surface area contributed by atoms with Gasteiger partial charge in [-0.2, -0.15) is 0 Å². The van der Waals surface area contributed by atoms with Crippen molar-refractivity contribution in [1.29, 1.82) is 0 Å². The molecule has 1 aromatic heterocycles. The molecule has 1 heterocycles. The summed E-state index contributed by atoms with van der Waals surface area (Å²) < 4.78 is 2.29. The molecular weight excluding hydrogens is 258 g/mol. The van der Waals surface area contributed by atoms with E-state index in [-0.39, 0.29) is 5.41 Å². The van der Waals surface area contributed by atoms with E-state index in [4.69, 9.17) is 11.6 Å². The Morgan fingerprint density at radius 1 is 1.26 bits per heavy atom. The van der Waals surface area contributed by atoms with Gasteiger partial charge >= 0.3 is 0 Å².